The Hall–Kier alpha value is -2.39. The third-order valence-corrected chi connectivity index (χ3v) is 5.26. The van der Waals surface area contributed by atoms with Crippen molar-refractivity contribution in [2.75, 3.05) is 29.0 Å². The largest absolute Gasteiger partial charge is 0.350 e. The lowest BCUT2D eigenvalue weighted by atomic mass is 10.2. The van der Waals surface area contributed by atoms with E-state index in [2.05, 4.69) is 10.6 Å². The number of amides is 2. The van der Waals surface area contributed by atoms with Gasteiger partial charge in [-0.3, -0.25) is 13.9 Å². The molecule has 0 radical (unpaired) electrons. The third-order valence-electron chi connectivity index (χ3n) is 3.20. The van der Waals surface area contributed by atoms with Crippen LogP contribution in [-0.4, -0.2) is 39.6 Å². The second kappa shape index (κ2) is 8.13. The van der Waals surface area contributed by atoms with Gasteiger partial charge in [-0.1, -0.05) is 12.1 Å². The maximum atomic E-state index is 12.1. The van der Waals surface area contributed by atoms with Crippen LogP contribution in [0.3, 0.4) is 0 Å². The number of thiophene rings is 1. The van der Waals surface area contributed by atoms with E-state index in [0.717, 1.165) is 6.26 Å². The number of nitrogens with zero attached hydrogens (tertiary/aromatic N) is 1. The Balaban J connectivity index is 2.09. The molecule has 134 valence electrons. The van der Waals surface area contributed by atoms with Crippen LogP contribution in [0.5, 0.6) is 0 Å². The lowest BCUT2D eigenvalue weighted by Gasteiger charge is -2.23. The van der Waals surface area contributed by atoms with Gasteiger partial charge in [0.25, 0.3) is 5.91 Å². The number of carbonyl (C=O) groups excluding carboxylic acids is 2. The van der Waals surface area contributed by atoms with Gasteiger partial charge in [-0.2, -0.15) is 0 Å². The number of rotatable bonds is 7. The van der Waals surface area contributed by atoms with E-state index in [1.165, 1.54) is 22.6 Å². The van der Waals surface area contributed by atoms with Gasteiger partial charge in [0.1, 0.15) is 0 Å². The quantitative estimate of drug-likeness (QED) is 0.766. The first-order valence-corrected chi connectivity index (χ1v) is 10.2. The van der Waals surface area contributed by atoms with Crippen LogP contribution >= 0.6 is 11.3 Å². The van der Waals surface area contributed by atoms with E-state index in [1.807, 2.05) is 0 Å². The van der Waals surface area contributed by atoms with Crippen molar-refractivity contribution >= 4 is 44.5 Å². The highest BCUT2D eigenvalue weighted by atomic mass is 32.2. The first-order chi connectivity index (χ1) is 11.8. The summed E-state index contributed by atoms with van der Waals surface area (Å²) in [5.41, 5.74) is 0.917. The Labute approximate surface area is 150 Å². The Kier molecular flexibility index (Phi) is 6.16. The Morgan fingerprint density at radius 2 is 1.96 bits per heavy atom. The van der Waals surface area contributed by atoms with Crippen LogP contribution in [0.15, 0.2) is 41.8 Å². The van der Waals surface area contributed by atoms with Crippen LogP contribution < -0.4 is 14.9 Å². The number of nitrogens with one attached hydrogen (secondary N) is 2. The predicted molar refractivity (Wildman–Crippen MR) is 99.6 cm³/mol. The summed E-state index contributed by atoms with van der Waals surface area (Å²) in [4.78, 5) is 23.7. The van der Waals surface area contributed by atoms with E-state index in [-0.39, 0.29) is 24.9 Å². The van der Waals surface area contributed by atoms with Crippen LogP contribution in [0.4, 0.5) is 11.4 Å². The SMILES string of the molecule is CC(=O)Nc1cccc(N(CCNC(=O)c2cccs2)S(C)(=O)=O)c1. The van der Waals surface area contributed by atoms with Crippen molar-refractivity contribution in [1.29, 1.82) is 0 Å². The number of sulfonamides is 1. The molecule has 2 N–H and O–H groups in total. The van der Waals surface area contributed by atoms with Gasteiger partial charge in [-0.15, -0.1) is 11.3 Å². The van der Waals surface area contributed by atoms with E-state index in [1.54, 1.807) is 41.8 Å². The molecule has 9 heteroatoms. The second-order valence-corrected chi connectivity index (χ2v) is 8.15. The molecule has 1 aromatic heterocycles. The van der Waals surface area contributed by atoms with E-state index in [4.69, 9.17) is 0 Å². The number of hydrogen-bond acceptors (Lipinski definition) is 5. The molecule has 1 heterocycles. The monoisotopic (exact) mass is 381 g/mol. The van der Waals surface area contributed by atoms with Crippen molar-refractivity contribution in [3.05, 3.63) is 46.7 Å². The van der Waals surface area contributed by atoms with Crippen LogP contribution in [0.1, 0.15) is 16.6 Å². The summed E-state index contributed by atoms with van der Waals surface area (Å²) in [6, 6.07) is 10.0. The summed E-state index contributed by atoms with van der Waals surface area (Å²) in [6.45, 7) is 1.62. The average Bonchev–Trinajstić information content (AvgIpc) is 3.04. The number of benzene rings is 1. The fraction of sp³-hybridized carbons (Fsp3) is 0.250. The van der Waals surface area contributed by atoms with E-state index >= 15 is 0 Å². The minimum absolute atomic E-state index is 0.0828. The summed E-state index contributed by atoms with van der Waals surface area (Å²) < 4.78 is 25.4. The smallest absolute Gasteiger partial charge is 0.261 e. The highest BCUT2D eigenvalue weighted by Gasteiger charge is 2.18. The van der Waals surface area contributed by atoms with Gasteiger partial charge in [0, 0.05) is 19.2 Å². The lowest BCUT2D eigenvalue weighted by molar-refractivity contribution is -0.114. The highest BCUT2D eigenvalue weighted by molar-refractivity contribution is 7.92. The average molecular weight is 381 g/mol. The zero-order valence-electron chi connectivity index (χ0n) is 13.9. The number of anilines is 2. The molecule has 0 spiro atoms. The zero-order chi connectivity index (χ0) is 18.4. The van der Waals surface area contributed by atoms with Crippen LogP contribution in [0.2, 0.25) is 0 Å². The minimum Gasteiger partial charge on any atom is -0.350 e. The number of hydrogen-bond donors (Lipinski definition) is 2. The molecule has 0 atom stereocenters. The molecule has 25 heavy (non-hydrogen) atoms. The molecule has 2 aromatic rings. The van der Waals surface area contributed by atoms with E-state index in [9.17, 15) is 18.0 Å². The molecule has 0 saturated carbocycles. The zero-order valence-corrected chi connectivity index (χ0v) is 15.5. The molecule has 7 nitrogen and oxygen atoms in total. The van der Waals surface area contributed by atoms with Crippen LogP contribution in [0.25, 0.3) is 0 Å². The minimum atomic E-state index is -3.54. The predicted octanol–water partition coefficient (Wildman–Crippen LogP) is 1.90. The van der Waals surface area contributed by atoms with E-state index in [0.29, 0.717) is 16.3 Å². The standard InChI is InChI=1S/C16H19N3O4S2/c1-12(20)18-13-5-3-6-14(11-13)19(25(2,22)23)9-8-17-16(21)15-7-4-10-24-15/h3-7,10-11H,8-9H2,1-2H3,(H,17,21)(H,18,20). The fourth-order valence-electron chi connectivity index (χ4n) is 2.19. The second-order valence-electron chi connectivity index (χ2n) is 5.30. The molecule has 0 unspecified atom stereocenters. The normalized spacial score (nSPS) is 11.0. The van der Waals surface area contributed by atoms with Gasteiger partial charge in [-0.05, 0) is 29.6 Å². The molecular formula is C16H19N3O4S2. The Morgan fingerprint density at radius 1 is 1.20 bits per heavy atom. The van der Waals surface area contributed by atoms with Crippen molar-refractivity contribution < 1.29 is 18.0 Å². The fourth-order valence-corrected chi connectivity index (χ4v) is 3.75. The summed E-state index contributed by atoms with van der Waals surface area (Å²) >= 11 is 1.32. The first-order valence-electron chi connectivity index (χ1n) is 7.44. The third kappa shape index (κ3) is 5.57. The van der Waals surface area contributed by atoms with Gasteiger partial charge in [-0.25, -0.2) is 8.42 Å². The topological polar surface area (TPSA) is 95.6 Å². The van der Waals surface area contributed by atoms with E-state index < -0.39 is 10.0 Å². The molecule has 1 aromatic carbocycles. The number of carbonyl (C=O) groups is 2. The first kappa shape index (κ1) is 18.9. The maximum absolute atomic E-state index is 12.1. The maximum Gasteiger partial charge on any atom is 0.261 e. The van der Waals surface area contributed by atoms with Crippen LogP contribution in [0, 0.1) is 0 Å². The summed E-state index contributed by atoms with van der Waals surface area (Å²) in [6.07, 6.45) is 1.10. The van der Waals surface area contributed by atoms with Gasteiger partial charge >= 0.3 is 0 Å². The molecule has 2 rings (SSSR count). The molecule has 0 bridgehead atoms. The van der Waals surface area contributed by atoms with Crippen molar-refractivity contribution in [3.63, 3.8) is 0 Å². The molecule has 0 aliphatic heterocycles. The highest BCUT2D eigenvalue weighted by Crippen LogP contribution is 2.21. The lowest BCUT2D eigenvalue weighted by Crippen LogP contribution is -2.38. The molecule has 2 amide bonds. The van der Waals surface area contributed by atoms with Gasteiger partial charge < -0.3 is 10.6 Å². The van der Waals surface area contributed by atoms with Gasteiger partial charge in [0.2, 0.25) is 15.9 Å². The molecular weight excluding hydrogens is 362 g/mol. The van der Waals surface area contributed by atoms with Crippen molar-refractivity contribution in [3.8, 4) is 0 Å². The molecule has 0 aliphatic carbocycles. The van der Waals surface area contributed by atoms with Gasteiger partial charge in [0.05, 0.1) is 23.4 Å². The Morgan fingerprint density at radius 3 is 2.56 bits per heavy atom. The van der Waals surface area contributed by atoms with Crippen molar-refractivity contribution in [2.45, 2.75) is 6.92 Å². The van der Waals surface area contributed by atoms with Crippen molar-refractivity contribution in [2.24, 2.45) is 0 Å². The molecule has 0 aliphatic rings. The van der Waals surface area contributed by atoms with Crippen molar-refractivity contribution in [1.82, 2.24) is 5.32 Å². The molecule has 0 saturated heterocycles. The molecule has 0 fully saturated rings. The summed E-state index contributed by atoms with van der Waals surface area (Å²) in [7, 11) is -3.54. The van der Waals surface area contributed by atoms with Gasteiger partial charge in [0.15, 0.2) is 0 Å². The van der Waals surface area contributed by atoms with Crippen LogP contribution in [-0.2, 0) is 14.8 Å². The summed E-state index contributed by atoms with van der Waals surface area (Å²) in [5, 5.41) is 7.11. The Bertz CT molecular complexity index is 848. The summed E-state index contributed by atoms with van der Waals surface area (Å²) in [5.74, 6) is -0.485.